The van der Waals surface area contributed by atoms with Gasteiger partial charge in [0.1, 0.15) is 11.6 Å². The summed E-state index contributed by atoms with van der Waals surface area (Å²) in [5.74, 6) is -0.0957. The minimum absolute atomic E-state index is 0.184. The summed E-state index contributed by atoms with van der Waals surface area (Å²) in [7, 11) is 0. The van der Waals surface area contributed by atoms with Crippen LogP contribution in [0.4, 0.5) is 4.39 Å². The molecule has 0 unspecified atom stereocenters. The van der Waals surface area contributed by atoms with E-state index in [0.29, 0.717) is 12.8 Å². The molecule has 0 atom stereocenters. The van der Waals surface area contributed by atoms with Crippen molar-refractivity contribution in [3.63, 3.8) is 0 Å². The van der Waals surface area contributed by atoms with Crippen LogP contribution in [-0.4, -0.2) is 12.3 Å². The van der Waals surface area contributed by atoms with Crippen molar-refractivity contribution < 1.29 is 9.18 Å². The lowest BCUT2D eigenvalue weighted by Gasteiger charge is -2.02. The molecule has 0 aromatic heterocycles. The maximum Gasteiger partial charge on any atom is 0.137 e. The molecule has 0 aliphatic rings. The van der Waals surface area contributed by atoms with E-state index in [2.05, 4.69) is 0 Å². The zero-order valence-corrected chi connectivity index (χ0v) is 10.1. The topological polar surface area (TPSA) is 43.1 Å². The highest BCUT2D eigenvalue weighted by molar-refractivity contribution is 5.80. The van der Waals surface area contributed by atoms with Crippen LogP contribution >= 0.6 is 0 Å². The molecule has 0 saturated carbocycles. The van der Waals surface area contributed by atoms with Crippen LogP contribution in [0.15, 0.2) is 24.3 Å². The summed E-state index contributed by atoms with van der Waals surface area (Å²) in [5.41, 5.74) is 6.15. The Morgan fingerprint density at radius 2 is 1.94 bits per heavy atom. The summed E-state index contributed by atoms with van der Waals surface area (Å²) in [5, 5.41) is 0. The van der Waals surface area contributed by atoms with Gasteiger partial charge in [0, 0.05) is 12.8 Å². The number of ketones is 1. The van der Waals surface area contributed by atoms with E-state index in [-0.39, 0.29) is 11.6 Å². The number of rotatable bonds is 8. The molecule has 1 aromatic carbocycles. The highest BCUT2D eigenvalue weighted by Gasteiger charge is 2.04. The largest absolute Gasteiger partial charge is 0.330 e. The average Bonchev–Trinajstić information content (AvgIpc) is 2.29. The van der Waals surface area contributed by atoms with E-state index in [9.17, 15) is 9.18 Å². The molecule has 0 amide bonds. The lowest BCUT2D eigenvalue weighted by atomic mass is 10.0. The molecular weight excluding hydrogens is 217 g/mol. The first kappa shape index (κ1) is 13.8. The van der Waals surface area contributed by atoms with Gasteiger partial charge in [-0.05, 0) is 37.1 Å². The first-order chi connectivity index (χ1) is 8.22. The summed E-state index contributed by atoms with van der Waals surface area (Å²) in [6, 6.07) is 6.24. The van der Waals surface area contributed by atoms with Gasteiger partial charge >= 0.3 is 0 Å². The Balaban J connectivity index is 2.21. The Morgan fingerprint density at radius 1 is 1.18 bits per heavy atom. The number of unbranched alkanes of at least 4 members (excludes halogenated alkanes) is 3. The number of benzene rings is 1. The number of carbonyl (C=O) groups is 1. The van der Waals surface area contributed by atoms with Gasteiger partial charge in [0.2, 0.25) is 0 Å². The molecule has 3 heteroatoms. The molecule has 0 spiro atoms. The third-order valence-corrected chi connectivity index (χ3v) is 2.70. The molecule has 17 heavy (non-hydrogen) atoms. The maximum atomic E-state index is 12.9. The van der Waals surface area contributed by atoms with Crippen LogP contribution in [0.1, 0.15) is 37.7 Å². The number of nitrogens with two attached hydrogens (primary N) is 1. The van der Waals surface area contributed by atoms with Gasteiger partial charge in [0.25, 0.3) is 0 Å². The second-order valence-electron chi connectivity index (χ2n) is 4.30. The van der Waals surface area contributed by atoms with E-state index in [4.69, 9.17) is 5.73 Å². The van der Waals surface area contributed by atoms with Crippen molar-refractivity contribution in [3.8, 4) is 0 Å². The van der Waals surface area contributed by atoms with Crippen molar-refractivity contribution in [1.82, 2.24) is 0 Å². The zero-order chi connectivity index (χ0) is 12.5. The van der Waals surface area contributed by atoms with Crippen LogP contribution in [0, 0.1) is 5.82 Å². The van der Waals surface area contributed by atoms with Crippen molar-refractivity contribution in [3.05, 3.63) is 35.6 Å². The Morgan fingerprint density at radius 3 is 2.65 bits per heavy atom. The second-order valence-corrected chi connectivity index (χ2v) is 4.30. The molecule has 94 valence electrons. The lowest BCUT2D eigenvalue weighted by molar-refractivity contribution is -0.118. The third-order valence-electron chi connectivity index (χ3n) is 2.70. The predicted molar refractivity (Wildman–Crippen MR) is 67.3 cm³/mol. The lowest BCUT2D eigenvalue weighted by Crippen LogP contribution is -2.03. The molecule has 1 aromatic rings. The quantitative estimate of drug-likeness (QED) is 0.706. The van der Waals surface area contributed by atoms with Gasteiger partial charge in [-0.1, -0.05) is 25.0 Å². The van der Waals surface area contributed by atoms with Crippen LogP contribution < -0.4 is 5.73 Å². The highest BCUT2D eigenvalue weighted by atomic mass is 19.1. The van der Waals surface area contributed by atoms with Crippen LogP contribution in [0.3, 0.4) is 0 Å². The normalized spacial score (nSPS) is 10.5. The molecule has 1 rings (SSSR count). The first-order valence-electron chi connectivity index (χ1n) is 6.18. The summed E-state index contributed by atoms with van der Waals surface area (Å²) in [6.45, 7) is 0.719. The fourth-order valence-electron chi connectivity index (χ4n) is 1.78. The molecule has 0 aliphatic carbocycles. The minimum Gasteiger partial charge on any atom is -0.330 e. The number of halogens is 1. The molecule has 0 aliphatic heterocycles. The van der Waals surface area contributed by atoms with Crippen molar-refractivity contribution in [2.24, 2.45) is 5.73 Å². The molecule has 0 saturated heterocycles. The summed E-state index contributed by atoms with van der Waals surface area (Å²) < 4.78 is 12.9. The van der Waals surface area contributed by atoms with E-state index >= 15 is 0 Å². The van der Waals surface area contributed by atoms with Crippen LogP contribution in [0.25, 0.3) is 0 Å². The fraction of sp³-hybridized carbons (Fsp3) is 0.500. The van der Waals surface area contributed by atoms with Crippen LogP contribution in [0.2, 0.25) is 0 Å². The van der Waals surface area contributed by atoms with Crippen molar-refractivity contribution in [1.29, 1.82) is 0 Å². The SMILES string of the molecule is NCCCCCCC(=O)Cc1cccc(F)c1. The molecule has 0 radical (unpaired) electrons. The predicted octanol–water partition coefficient (Wildman–Crippen LogP) is 2.85. The van der Waals surface area contributed by atoms with Gasteiger partial charge in [0.15, 0.2) is 0 Å². The van der Waals surface area contributed by atoms with Gasteiger partial charge < -0.3 is 5.73 Å². The van der Waals surface area contributed by atoms with Crippen LogP contribution in [0.5, 0.6) is 0 Å². The standard InChI is InChI=1S/C14H20FNO/c15-13-7-5-6-12(10-13)11-14(17)8-3-1-2-4-9-16/h5-7,10H,1-4,8-9,11,16H2. The van der Waals surface area contributed by atoms with Gasteiger partial charge in [-0.2, -0.15) is 0 Å². The van der Waals surface area contributed by atoms with E-state index < -0.39 is 0 Å². The first-order valence-corrected chi connectivity index (χ1v) is 6.18. The van der Waals surface area contributed by atoms with E-state index in [0.717, 1.165) is 37.8 Å². The molecule has 2 nitrogen and oxygen atoms in total. The minimum atomic E-state index is -0.279. The number of hydrogen-bond acceptors (Lipinski definition) is 2. The maximum absolute atomic E-state index is 12.9. The van der Waals surface area contributed by atoms with E-state index in [1.807, 2.05) is 0 Å². The molecular formula is C14H20FNO. The highest BCUT2D eigenvalue weighted by Crippen LogP contribution is 2.08. The van der Waals surface area contributed by atoms with Gasteiger partial charge in [0.05, 0.1) is 0 Å². The van der Waals surface area contributed by atoms with Gasteiger partial charge in [-0.3, -0.25) is 4.79 Å². The summed E-state index contributed by atoms with van der Waals surface area (Å²) in [6.07, 6.45) is 5.00. The number of carbonyl (C=O) groups excluding carboxylic acids is 1. The Hall–Kier alpha value is -1.22. The fourth-order valence-corrected chi connectivity index (χ4v) is 1.78. The van der Waals surface area contributed by atoms with Crippen molar-refractivity contribution >= 4 is 5.78 Å². The van der Waals surface area contributed by atoms with Crippen LogP contribution in [-0.2, 0) is 11.2 Å². The Bertz CT molecular complexity index is 352. The molecule has 2 N–H and O–H groups in total. The van der Waals surface area contributed by atoms with Gasteiger partial charge in [-0.25, -0.2) is 4.39 Å². The van der Waals surface area contributed by atoms with Crippen molar-refractivity contribution in [2.75, 3.05) is 6.54 Å². The molecule has 0 fully saturated rings. The van der Waals surface area contributed by atoms with E-state index in [1.54, 1.807) is 12.1 Å². The zero-order valence-electron chi connectivity index (χ0n) is 10.1. The second kappa shape index (κ2) is 7.96. The van der Waals surface area contributed by atoms with Gasteiger partial charge in [-0.15, -0.1) is 0 Å². The third kappa shape index (κ3) is 6.17. The summed E-state index contributed by atoms with van der Waals surface area (Å²) >= 11 is 0. The number of hydrogen-bond donors (Lipinski definition) is 1. The average molecular weight is 237 g/mol. The van der Waals surface area contributed by atoms with E-state index in [1.165, 1.54) is 12.1 Å². The number of Topliss-reactive ketones (excluding diaryl/α,β-unsaturated/α-hetero) is 1. The molecule has 0 heterocycles. The Kier molecular flexibility index (Phi) is 6.48. The van der Waals surface area contributed by atoms with Crippen molar-refractivity contribution in [2.45, 2.75) is 38.5 Å². The molecule has 0 bridgehead atoms. The summed E-state index contributed by atoms with van der Waals surface area (Å²) in [4.78, 5) is 11.6. The smallest absolute Gasteiger partial charge is 0.137 e. The Labute approximate surface area is 102 Å². The monoisotopic (exact) mass is 237 g/mol.